The smallest absolute Gasteiger partial charge is 0.462 e. The first-order valence-corrected chi connectivity index (χ1v) is 28.2. The van der Waals surface area contributed by atoms with Gasteiger partial charge in [-0.3, -0.25) is 18.6 Å². The molecule has 0 aromatic carbocycles. The molecule has 0 heterocycles. The van der Waals surface area contributed by atoms with Crippen molar-refractivity contribution >= 4 is 19.8 Å². The van der Waals surface area contributed by atoms with Crippen molar-refractivity contribution in [2.24, 2.45) is 5.73 Å². The van der Waals surface area contributed by atoms with Crippen LogP contribution in [0, 0.1) is 0 Å². The van der Waals surface area contributed by atoms with Crippen LogP contribution in [0.25, 0.3) is 0 Å². The zero-order valence-corrected chi connectivity index (χ0v) is 43.5. The number of phosphoric ester groups is 1. The van der Waals surface area contributed by atoms with E-state index in [9.17, 15) is 19.0 Å². The number of carbonyl (C=O) groups is 2. The summed E-state index contributed by atoms with van der Waals surface area (Å²) in [6.45, 7) is 3.53. The average molecular weight is 956 g/mol. The van der Waals surface area contributed by atoms with Gasteiger partial charge in [-0.25, -0.2) is 4.57 Å². The van der Waals surface area contributed by atoms with E-state index in [2.05, 4.69) is 98.9 Å². The van der Waals surface area contributed by atoms with Crippen molar-refractivity contribution in [3.05, 3.63) is 97.2 Å². The molecule has 0 rings (SSSR count). The minimum absolute atomic E-state index is 0.0376. The van der Waals surface area contributed by atoms with E-state index in [-0.39, 0.29) is 32.6 Å². The Morgan fingerprint density at radius 3 is 1.28 bits per heavy atom. The fourth-order valence-corrected chi connectivity index (χ4v) is 7.81. The van der Waals surface area contributed by atoms with E-state index in [0.29, 0.717) is 6.42 Å². The van der Waals surface area contributed by atoms with E-state index in [1.165, 1.54) is 122 Å². The Morgan fingerprint density at radius 2 is 0.851 bits per heavy atom. The highest BCUT2D eigenvalue weighted by molar-refractivity contribution is 7.47. The van der Waals surface area contributed by atoms with Crippen LogP contribution >= 0.6 is 7.82 Å². The summed E-state index contributed by atoms with van der Waals surface area (Å²) in [7, 11) is -4.41. The molecule has 0 amide bonds. The van der Waals surface area contributed by atoms with Crippen LogP contribution in [-0.2, 0) is 32.7 Å². The standard InChI is InChI=1S/C57H98NO8P/c1-3-5-7-9-11-13-15-17-19-21-23-24-25-26-27-28-29-30-32-33-35-37-39-41-43-45-47-49-56(59)63-53-55(54-65-67(61,62)64-52-51-58)66-57(60)50-48-46-44-42-40-38-36-34-31-22-20-18-16-14-12-10-8-6-4-2/h6,8,12,14-15,17-18,20-21,23,31,34,38,40,44,46,55H,3-5,7,9-11,13,16,19,22,24-30,32-33,35-37,39,41-43,45,47-54,58H2,1-2H3,(H,61,62)/b8-6-,14-12-,17-15-,20-18-,23-21-,34-31-,40-38-,46-44-. The molecule has 0 aliphatic heterocycles. The van der Waals surface area contributed by atoms with Crippen LogP contribution in [0.5, 0.6) is 0 Å². The van der Waals surface area contributed by atoms with Gasteiger partial charge in [0, 0.05) is 19.4 Å². The molecule has 3 N–H and O–H groups in total. The van der Waals surface area contributed by atoms with Crippen LogP contribution in [0.4, 0.5) is 0 Å². The minimum atomic E-state index is -4.41. The highest BCUT2D eigenvalue weighted by Gasteiger charge is 2.26. The predicted molar refractivity (Wildman–Crippen MR) is 284 cm³/mol. The molecule has 0 saturated carbocycles. The van der Waals surface area contributed by atoms with Crippen LogP contribution in [-0.4, -0.2) is 49.3 Å². The summed E-state index contributed by atoms with van der Waals surface area (Å²) in [6, 6.07) is 0. The van der Waals surface area contributed by atoms with Gasteiger partial charge < -0.3 is 20.1 Å². The predicted octanol–water partition coefficient (Wildman–Crippen LogP) is 16.5. The van der Waals surface area contributed by atoms with Gasteiger partial charge in [-0.1, -0.05) is 220 Å². The molecule has 0 aromatic rings. The summed E-state index contributed by atoms with van der Waals surface area (Å²) < 4.78 is 32.8. The molecule has 384 valence electrons. The molecule has 0 aliphatic rings. The molecule has 2 unspecified atom stereocenters. The monoisotopic (exact) mass is 956 g/mol. The van der Waals surface area contributed by atoms with E-state index in [1.54, 1.807) is 0 Å². The Hall–Kier alpha value is -3.07. The van der Waals surface area contributed by atoms with Gasteiger partial charge in [-0.15, -0.1) is 0 Å². The third-order valence-electron chi connectivity index (χ3n) is 11.0. The molecule has 67 heavy (non-hydrogen) atoms. The highest BCUT2D eigenvalue weighted by Crippen LogP contribution is 2.43. The minimum Gasteiger partial charge on any atom is -0.462 e. The normalized spacial score (nSPS) is 13.9. The Labute approximate surface area is 410 Å². The number of ether oxygens (including phenoxy) is 2. The summed E-state index contributed by atoms with van der Waals surface area (Å²) >= 11 is 0. The Balaban J connectivity index is 4.08. The number of nitrogens with two attached hydrogens (primary N) is 1. The van der Waals surface area contributed by atoms with Gasteiger partial charge in [-0.05, 0) is 83.5 Å². The summed E-state index contributed by atoms with van der Waals surface area (Å²) in [5.41, 5.74) is 5.36. The Kier molecular flexibility index (Phi) is 49.9. The molecule has 2 atom stereocenters. The molecule has 0 spiro atoms. The lowest BCUT2D eigenvalue weighted by Crippen LogP contribution is -2.29. The van der Waals surface area contributed by atoms with E-state index in [0.717, 1.165) is 64.2 Å². The first kappa shape index (κ1) is 63.9. The van der Waals surface area contributed by atoms with Crippen molar-refractivity contribution in [1.29, 1.82) is 0 Å². The maximum Gasteiger partial charge on any atom is 0.472 e. The molecule has 0 saturated heterocycles. The lowest BCUT2D eigenvalue weighted by molar-refractivity contribution is -0.161. The second-order valence-corrected chi connectivity index (χ2v) is 18.8. The van der Waals surface area contributed by atoms with E-state index < -0.39 is 32.5 Å². The lowest BCUT2D eigenvalue weighted by Gasteiger charge is -2.19. The maximum absolute atomic E-state index is 12.6. The molecule has 0 fully saturated rings. The third kappa shape index (κ3) is 52.2. The fraction of sp³-hybridized carbons (Fsp3) is 0.684. The maximum atomic E-state index is 12.6. The number of esters is 2. The van der Waals surface area contributed by atoms with Gasteiger partial charge in [0.15, 0.2) is 6.10 Å². The number of hydrogen-bond acceptors (Lipinski definition) is 8. The highest BCUT2D eigenvalue weighted by atomic mass is 31.2. The molecule has 0 aliphatic carbocycles. The zero-order valence-electron chi connectivity index (χ0n) is 42.6. The van der Waals surface area contributed by atoms with Crippen LogP contribution in [0.15, 0.2) is 97.2 Å². The van der Waals surface area contributed by atoms with E-state index in [1.807, 2.05) is 12.2 Å². The van der Waals surface area contributed by atoms with Crippen molar-refractivity contribution in [2.45, 2.75) is 225 Å². The summed E-state index contributed by atoms with van der Waals surface area (Å²) in [5.74, 6) is -0.928. The van der Waals surface area contributed by atoms with Gasteiger partial charge in [0.05, 0.1) is 13.2 Å². The second-order valence-electron chi connectivity index (χ2n) is 17.4. The van der Waals surface area contributed by atoms with Gasteiger partial charge in [0.1, 0.15) is 6.61 Å². The number of hydrogen-bond donors (Lipinski definition) is 2. The van der Waals surface area contributed by atoms with Crippen molar-refractivity contribution in [3.8, 4) is 0 Å². The summed E-state index contributed by atoms with van der Waals surface area (Å²) in [4.78, 5) is 35.0. The lowest BCUT2D eigenvalue weighted by atomic mass is 10.0. The quantitative estimate of drug-likeness (QED) is 0.0264. The second kappa shape index (κ2) is 52.3. The largest absolute Gasteiger partial charge is 0.472 e. The molecular formula is C57H98NO8P. The Bertz CT molecular complexity index is 1410. The molecule has 0 bridgehead atoms. The first-order chi connectivity index (χ1) is 32.8. The number of phosphoric acid groups is 1. The van der Waals surface area contributed by atoms with E-state index in [4.69, 9.17) is 24.3 Å². The van der Waals surface area contributed by atoms with Crippen LogP contribution < -0.4 is 5.73 Å². The van der Waals surface area contributed by atoms with Crippen LogP contribution in [0.1, 0.15) is 219 Å². The number of carbonyl (C=O) groups excluding carboxylic acids is 2. The van der Waals surface area contributed by atoms with Gasteiger partial charge in [0.2, 0.25) is 0 Å². The van der Waals surface area contributed by atoms with Gasteiger partial charge in [0.25, 0.3) is 0 Å². The molecular weight excluding hydrogens is 858 g/mol. The Morgan fingerprint density at radius 1 is 0.463 bits per heavy atom. The van der Waals surface area contributed by atoms with E-state index >= 15 is 0 Å². The van der Waals surface area contributed by atoms with Crippen LogP contribution in [0.2, 0.25) is 0 Å². The summed E-state index contributed by atoms with van der Waals surface area (Å²) in [6.07, 6.45) is 69.0. The molecule has 0 radical (unpaired) electrons. The van der Waals surface area contributed by atoms with Gasteiger partial charge in [-0.2, -0.15) is 0 Å². The van der Waals surface area contributed by atoms with Crippen molar-refractivity contribution in [3.63, 3.8) is 0 Å². The number of allylic oxidation sites excluding steroid dienone is 16. The number of rotatable bonds is 49. The van der Waals surface area contributed by atoms with Gasteiger partial charge >= 0.3 is 19.8 Å². The van der Waals surface area contributed by atoms with Crippen LogP contribution in [0.3, 0.4) is 0 Å². The SMILES string of the molecule is CC/C=C\C/C=C\C/C=C\C/C=C\C/C=C\C/C=C\CCC(=O)OC(COC(=O)CCCCCCCCCCCCCCCCC/C=C\C/C=C\CCCCCCC)COP(=O)(O)OCCN. The van der Waals surface area contributed by atoms with Crippen molar-refractivity contribution in [1.82, 2.24) is 0 Å². The summed E-state index contributed by atoms with van der Waals surface area (Å²) in [5, 5.41) is 0. The average Bonchev–Trinajstić information content (AvgIpc) is 3.32. The first-order valence-electron chi connectivity index (χ1n) is 26.7. The topological polar surface area (TPSA) is 134 Å². The van der Waals surface area contributed by atoms with Crippen molar-refractivity contribution in [2.75, 3.05) is 26.4 Å². The molecule has 0 aromatic heterocycles. The number of unbranched alkanes of at least 4 members (excludes halogenated alkanes) is 20. The zero-order chi connectivity index (χ0) is 48.8. The third-order valence-corrected chi connectivity index (χ3v) is 12.0. The van der Waals surface area contributed by atoms with Crippen molar-refractivity contribution < 1.29 is 37.6 Å². The molecule has 10 heteroatoms. The molecule has 9 nitrogen and oxygen atoms in total. The fourth-order valence-electron chi connectivity index (χ4n) is 7.04.